The van der Waals surface area contributed by atoms with Crippen LogP contribution < -0.4 is 0 Å². The van der Waals surface area contributed by atoms with E-state index in [-0.39, 0.29) is 6.29 Å². The van der Waals surface area contributed by atoms with E-state index in [9.17, 15) is 13.2 Å². The molecule has 1 heterocycles. The van der Waals surface area contributed by atoms with Gasteiger partial charge in [0.2, 0.25) is 10.3 Å². The summed E-state index contributed by atoms with van der Waals surface area (Å²) in [6.45, 7) is 1.86. The summed E-state index contributed by atoms with van der Waals surface area (Å²) in [6, 6.07) is 8.12. The summed E-state index contributed by atoms with van der Waals surface area (Å²) in [5, 5.41) is 1.20. The number of methoxy groups -OCH3 is 1. The van der Waals surface area contributed by atoms with Gasteiger partial charge in [0.25, 0.3) is 0 Å². The highest BCUT2D eigenvalue weighted by Crippen LogP contribution is 2.18. The molecule has 0 aromatic heterocycles. The Balaban J connectivity index is 1.73. The van der Waals surface area contributed by atoms with Crippen molar-refractivity contribution in [3.05, 3.63) is 35.4 Å². The van der Waals surface area contributed by atoms with Crippen LogP contribution in [0.25, 0.3) is 0 Å². The minimum Gasteiger partial charge on any atom is -0.467 e. The Morgan fingerprint density at radius 1 is 1.09 bits per heavy atom. The van der Waals surface area contributed by atoms with Gasteiger partial charge < -0.3 is 18.9 Å². The highest BCUT2D eigenvalue weighted by molar-refractivity contribution is 7.71. The Morgan fingerprint density at radius 2 is 1.88 bits per heavy atom. The van der Waals surface area contributed by atoms with E-state index in [0.717, 1.165) is 63.7 Å². The SMILES string of the molecule is COC(=O)C(Cc1ccccc1CCCCCCOC1CCCCO1)OCCCC=S(=O)=O. The average molecular weight is 483 g/mol. The van der Waals surface area contributed by atoms with Gasteiger partial charge in [-0.25, -0.2) is 4.79 Å². The third-order valence-corrected chi connectivity index (χ3v) is 6.20. The predicted octanol–water partition coefficient (Wildman–Crippen LogP) is 3.89. The van der Waals surface area contributed by atoms with Gasteiger partial charge in [0.1, 0.15) is 0 Å². The van der Waals surface area contributed by atoms with Crippen LogP contribution in [0.3, 0.4) is 0 Å². The van der Waals surface area contributed by atoms with Gasteiger partial charge in [-0.1, -0.05) is 37.1 Å². The average Bonchev–Trinajstić information content (AvgIpc) is 2.83. The molecule has 1 fully saturated rings. The molecular weight excluding hydrogens is 444 g/mol. The molecule has 186 valence electrons. The molecule has 1 aliphatic rings. The fourth-order valence-electron chi connectivity index (χ4n) is 3.86. The molecule has 1 aromatic carbocycles. The van der Waals surface area contributed by atoms with Crippen LogP contribution in [-0.4, -0.2) is 59.1 Å². The summed E-state index contributed by atoms with van der Waals surface area (Å²) in [5.41, 5.74) is 2.30. The summed E-state index contributed by atoms with van der Waals surface area (Å²) < 4.78 is 43.2. The Labute approximate surface area is 199 Å². The number of hydrogen-bond donors (Lipinski definition) is 0. The molecule has 1 saturated heterocycles. The summed E-state index contributed by atoms with van der Waals surface area (Å²) in [7, 11) is -0.817. The van der Waals surface area contributed by atoms with Gasteiger partial charge in [0.15, 0.2) is 12.4 Å². The maximum atomic E-state index is 12.2. The van der Waals surface area contributed by atoms with Crippen molar-refractivity contribution < 1.29 is 32.2 Å². The van der Waals surface area contributed by atoms with Crippen LogP contribution in [0.1, 0.15) is 68.9 Å². The number of unbranched alkanes of at least 4 members (excludes halogenated alkanes) is 4. The Hall–Kier alpha value is -1.74. The van der Waals surface area contributed by atoms with Crippen molar-refractivity contribution in [1.29, 1.82) is 0 Å². The Morgan fingerprint density at radius 3 is 2.61 bits per heavy atom. The number of hydrogen-bond acceptors (Lipinski definition) is 7. The smallest absolute Gasteiger partial charge is 0.335 e. The van der Waals surface area contributed by atoms with E-state index in [1.54, 1.807) is 0 Å². The molecule has 7 nitrogen and oxygen atoms in total. The van der Waals surface area contributed by atoms with Gasteiger partial charge in [0.05, 0.1) is 7.11 Å². The van der Waals surface area contributed by atoms with Crippen LogP contribution in [-0.2, 0) is 46.9 Å². The first-order valence-corrected chi connectivity index (χ1v) is 13.1. The molecular formula is C25H38O7S. The molecule has 33 heavy (non-hydrogen) atoms. The molecule has 0 bridgehead atoms. The van der Waals surface area contributed by atoms with Crippen molar-refractivity contribution in [3.63, 3.8) is 0 Å². The lowest BCUT2D eigenvalue weighted by atomic mass is 9.97. The van der Waals surface area contributed by atoms with E-state index in [1.807, 2.05) is 18.2 Å². The lowest BCUT2D eigenvalue weighted by molar-refractivity contribution is -0.162. The third kappa shape index (κ3) is 11.8. The van der Waals surface area contributed by atoms with E-state index in [2.05, 4.69) is 6.07 Å². The van der Waals surface area contributed by atoms with E-state index >= 15 is 0 Å². The predicted molar refractivity (Wildman–Crippen MR) is 128 cm³/mol. The summed E-state index contributed by atoms with van der Waals surface area (Å²) in [4.78, 5) is 12.2. The molecule has 0 saturated carbocycles. The molecule has 2 unspecified atom stereocenters. The molecule has 0 spiro atoms. The summed E-state index contributed by atoms with van der Waals surface area (Å²) in [6.07, 6.45) is 9.28. The molecule has 1 aliphatic heterocycles. The maximum absolute atomic E-state index is 12.2. The second-order valence-electron chi connectivity index (χ2n) is 8.26. The van der Waals surface area contributed by atoms with Crippen LogP contribution in [0.5, 0.6) is 0 Å². The fourth-order valence-corrected chi connectivity index (χ4v) is 4.22. The second kappa shape index (κ2) is 16.8. The van der Waals surface area contributed by atoms with Crippen LogP contribution in [0.4, 0.5) is 0 Å². The first-order chi connectivity index (χ1) is 16.1. The van der Waals surface area contributed by atoms with E-state index < -0.39 is 22.4 Å². The lowest BCUT2D eigenvalue weighted by Crippen LogP contribution is -2.29. The lowest BCUT2D eigenvalue weighted by Gasteiger charge is -2.22. The van der Waals surface area contributed by atoms with Crippen LogP contribution >= 0.6 is 0 Å². The number of carbonyl (C=O) groups excluding carboxylic acids is 1. The van der Waals surface area contributed by atoms with Gasteiger partial charge in [-0.05, 0) is 62.5 Å². The molecule has 8 heteroatoms. The molecule has 0 aliphatic carbocycles. The van der Waals surface area contributed by atoms with Crippen molar-refractivity contribution in [2.75, 3.05) is 26.9 Å². The zero-order valence-corrected chi connectivity index (χ0v) is 20.5. The standard InChI is InChI=1S/C25H38O7S/c1-29-25(26)23(30-16-10-11-19-33(27)28)20-22-14-6-5-13-21(22)12-4-2-3-8-17-31-24-15-7-9-18-32-24/h5-6,13-14,19,23-24H,2-4,7-12,15-18,20H2,1H3. The first kappa shape index (κ1) is 27.5. The molecule has 2 atom stereocenters. The Bertz CT molecular complexity index is 808. The number of aryl methyl sites for hydroxylation is 1. The minimum atomic E-state index is -2.17. The van der Waals surface area contributed by atoms with Crippen LogP contribution in [0.15, 0.2) is 24.3 Å². The van der Waals surface area contributed by atoms with E-state index in [1.165, 1.54) is 24.5 Å². The zero-order chi connectivity index (χ0) is 23.7. The van der Waals surface area contributed by atoms with E-state index in [4.69, 9.17) is 18.9 Å². The van der Waals surface area contributed by atoms with Gasteiger partial charge in [0, 0.05) is 31.6 Å². The first-order valence-electron chi connectivity index (χ1n) is 12.0. The number of ether oxygens (including phenoxy) is 4. The normalized spacial score (nSPS) is 16.8. The molecule has 0 radical (unpaired) electrons. The topological polar surface area (TPSA) is 88.1 Å². The van der Waals surface area contributed by atoms with Crippen LogP contribution in [0, 0.1) is 0 Å². The van der Waals surface area contributed by atoms with Crippen molar-refractivity contribution in [3.8, 4) is 0 Å². The summed E-state index contributed by atoms with van der Waals surface area (Å²) >= 11 is 0. The fraction of sp³-hybridized carbons (Fsp3) is 0.680. The highest BCUT2D eigenvalue weighted by Gasteiger charge is 2.21. The number of benzene rings is 1. The zero-order valence-electron chi connectivity index (χ0n) is 19.7. The van der Waals surface area contributed by atoms with Gasteiger partial charge in [-0.15, -0.1) is 0 Å². The van der Waals surface area contributed by atoms with Crippen molar-refractivity contribution in [1.82, 2.24) is 0 Å². The van der Waals surface area contributed by atoms with Crippen molar-refractivity contribution in [2.45, 2.75) is 83.0 Å². The maximum Gasteiger partial charge on any atom is 0.335 e. The molecule has 1 aromatic rings. The highest BCUT2D eigenvalue weighted by atomic mass is 32.2. The third-order valence-electron chi connectivity index (χ3n) is 5.69. The largest absolute Gasteiger partial charge is 0.467 e. The molecule has 0 amide bonds. The Kier molecular flexibility index (Phi) is 14.0. The second-order valence-corrected chi connectivity index (χ2v) is 9.11. The van der Waals surface area contributed by atoms with Crippen molar-refractivity contribution in [2.24, 2.45) is 0 Å². The summed E-state index contributed by atoms with van der Waals surface area (Å²) in [5.74, 6) is -0.414. The van der Waals surface area contributed by atoms with Crippen molar-refractivity contribution >= 4 is 21.6 Å². The monoisotopic (exact) mass is 482 g/mol. The van der Waals surface area contributed by atoms with E-state index in [0.29, 0.717) is 25.9 Å². The number of carbonyl (C=O) groups is 1. The number of rotatable bonds is 16. The van der Waals surface area contributed by atoms with Crippen LogP contribution in [0.2, 0.25) is 0 Å². The van der Waals surface area contributed by atoms with Gasteiger partial charge in [-0.2, -0.15) is 8.42 Å². The molecule has 0 N–H and O–H groups in total. The quantitative estimate of drug-likeness (QED) is 0.201. The molecule has 2 rings (SSSR count). The minimum absolute atomic E-state index is 0.00982. The van der Waals surface area contributed by atoms with Gasteiger partial charge in [-0.3, -0.25) is 0 Å². The number of esters is 1. The van der Waals surface area contributed by atoms with Gasteiger partial charge >= 0.3 is 5.97 Å².